The van der Waals surface area contributed by atoms with E-state index in [0.717, 1.165) is 19.3 Å². The second-order valence-electron chi connectivity index (χ2n) is 7.77. The lowest BCUT2D eigenvalue weighted by Gasteiger charge is -2.37. The van der Waals surface area contributed by atoms with E-state index in [4.69, 9.17) is 11.6 Å². The number of hydrogen-bond acceptors (Lipinski definition) is 3. The van der Waals surface area contributed by atoms with Crippen LogP contribution in [0.3, 0.4) is 0 Å². The summed E-state index contributed by atoms with van der Waals surface area (Å²) in [6, 6.07) is 6.10. The summed E-state index contributed by atoms with van der Waals surface area (Å²) >= 11 is 5.98. The molecule has 6 nitrogen and oxygen atoms in total. The molecule has 1 saturated carbocycles. The van der Waals surface area contributed by atoms with Crippen molar-refractivity contribution in [1.82, 2.24) is 15.1 Å². The van der Waals surface area contributed by atoms with Crippen LogP contribution in [0, 0.1) is 11.8 Å². The van der Waals surface area contributed by atoms with Crippen LogP contribution in [0.15, 0.2) is 24.3 Å². The summed E-state index contributed by atoms with van der Waals surface area (Å²) < 4.78 is 0. The van der Waals surface area contributed by atoms with Crippen molar-refractivity contribution in [3.8, 4) is 0 Å². The Kier molecular flexibility index (Phi) is 6.60. The number of carbonyl (C=O) groups excluding carboxylic acids is 3. The zero-order valence-corrected chi connectivity index (χ0v) is 17.2. The summed E-state index contributed by atoms with van der Waals surface area (Å²) in [6.45, 7) is 6.12. The Bertz CT molecular complexity index is 742. The second kappa shape index (κ2) is 8.95. The number of nitrogens with zero attached hydrogens (tertiary/aromatic N) is 2. The number of rotatable bonds is 6. The molecule has 1 heterocycles. The fourth-order valence-corrected chi connectivity index (χ4v) is 3.66. The van der Waals surface area contributed by atoms with Gasteiger partial charge in [-0.1, -0.05) is 37.9 Å². The highest BCUT2D eigenvalue weighted by Gasteiger charge is 2.37. The molecule has 2 aliphatic rings. The summed E-state index contributed by atoms with van der Waals surface area (Å²) in [5.41, 5.74) is 0.438. The number of nitrogens with one attached hydrogen (secondary N) is 1. The number of hydrogen-bond donors (Lipinski definition) is 1. The molecule has 7 heteroatoms. The predicted octanol–water partition coefficient (Wildman–Crippen LogP) is 2.57. The third-order valence-corrected chi connectivity index (χ3v) is 5.92. The van der Waals surface area contributed by atoms with Crippen molar-refractivity contribution < 1.29 is 14.4 Å². The molecule has 1 N–H and O–H groups in total. The van der Waals surface area contributed by atoms with E-state index in [1.54, 1.807) is 29.2 Å². The maximum atomic E-state index is 13.1. The predicted molar refractivity (Wildman–Crippen MR) is 108 cm³/mol. The average Bonchev–Trinajstić information content (AvgIpc) is 3.55. The molecule has 28 heavy (non-hydrogen) atoms. The Labute approximate surface area is 171 Å². The summed E-state index contributed by atoms with van der Waals surface area (Å²) in [5.74, 6) is 0.0423. The van der Waals surface area contributed by atoms with Crippen molar-refractivity contribution in [3.63, 3.8) is 0 Å². The van der Waals surface area contributed by atoms with Gasteiger partial charge in [0.2, 0.25) is 11.8 Å². The van der Waals surface area contributed by atoms with E-state index in [1.807, 2.05) is 18.7 Å². The monoisotopic (exact) mass is 405 g/mol. The molecular weight excluding hydrogens is 378 g/mol. The molecule has 3 rings (SSSR count). The first-order chi connectivity index (χ1) is 13.4. The third kappa shape index (κ3) is 4.85. The van der Waals surface area contributed by atoms with E-state index in [-0.39, 0.29) is 29.6 Å². The Morgan fingerprint density at radius 3 is 2.36 bits per heavy atom. The molecule has 0 bridgehead atoms. The number of amides is 3. The van der Waals surface area contributed by atoms with E-state index >= 15 is 0 Å². The molecular formula is C21H28ClN3O3. The van der Waals surface area contributed by atoms with Gasteiger partial charge >= 0.3 is 0 Å². The van der Waals surface area contributed by atoms with E-state index in [2.05, 4.69) is 5.32 Å². The number of halogens is 1. The number of piperazine rings is 1. The minimum absolute atomic E-state index is 0.00163. The largest absolute Gasteiger partial charge is 0.340 e. The fraction of sp³-hybridized carbons (Fsp3) is 0.571. The Hall–Kier alpha value is -2.08. The Morgan fingerprint density at radius 1 is 1.14 bits per heavy atom. The molecule has 2 fully saturated rings. The third-order valence-electron chi connectivity index (χ3n) is 5.68. The molecule has 1 aromatic carbocycles. The van der Waals surface area contributed by atoms with Crippen molar-refractivity contribution in [3.05, 3.63) is 34.9 Å². The SMILES string of the molecule is CCC(C)C(NC(=O)c1cccc(Cl)c1)C(=O)N1CCN(C(=O)C2CC2)CC1. The lowest BCUT2D eigenvalue weighted by atomic mass is 9.97. The Balaban J connectivity index is 1.63. The molecule has 0 radical (unpaired) electrons. The van der Waals surface area contributed by atoms with Crippen molar-refractivity contribution >= 4 is 29.3 Å². The average molecular weight is 406 g/mol. The highest BCUT2D eigenvalue weighted by Crippen LogP contribution is 2.31. The molecule has 1 aliphatic carbocycles. The minimum atomic E-state index is -0.595. The quantitative estimate of drug-likeness (QED) is 0.790. The van der Waals surface area contributed by atoms with Gasteiger partial charge in [0.05, 0.1) is 0 Å². The van der Waals surface area contributed by atoms with Crippen LogP contribution in [0.4, 0.5) is 0 Å². The molecule has 1 aliphatic heterocycles. The first kappa shape index (κ1) is 20.6. The maximum Gasteiger partial charge on any atom is 0.251 e. The van der Waals surface area contributed by atoms with Crippen LogP contribution in [0.25, 0.3) is 0 Å². The molecule has 1 saturated heterocycles. The lowest BCUT2D eigenvalue weighted by molar-refractivity contribution is -0.142. The number of carbonyl (C=O) groups is 3. The normalized spacial score (nSPS) is 19.1. The first-order valence-corrected chi connectivity index (χ1v) is 10.4. The zero-order valence-electron chi connectivity index (χ0n) is 16.5. The minimum Gasteiger partial charge on any atom is -0.340 e. The maximum absolute atomic E-state index is 13.1. The Morgan fingerprint density at radius 2 is 1.79 bits per heavy atom. The molecule has 2 atom stereocenters. The van der Waals surface area contributed by atoms with Crippen LogP contribution in [0.2, 0.25) is 5.02 Å². The van der Waals surface area contributed by atoms with Crippen molar-refractivity contribution in [2.45, 2.75) is 39.2 Å². The van der Waals surface area contributed by atoms with Gasteiger partial charge in [-0.05, 0) is 37.0 Å². The summed E-state index contributed by atoms with van der Waals surface area (Å²) in [4.78, 5) is 41.6. The van der Waals surface area contributed by atoms with Crippen LogP contribution < -0.4 is 5.32 Å². The summed E-state index contributed by atoms with van der Waals surface area (Å²) in [6.07, 6.45) is 2.75. The van der Waals surface area contributed by atoms with Crippen molar-refractivity contribution in [1.29, 1.82) is 0 Å². The first-order valence-electron chi connectivity index (χ1n) is 10.0. The van der Waals surface area contributed by atoms with E-state index < -0.39 is 6.04 Å². The van der Waals surface area contributed by atoms with Gasteiger partial charge in [-0.3, -0.25) is 14.4 Å². The van der Waals surface area contributed by atoms with E-state index in [9.17, 15) is 14.4 Å². The van der Waals surface area contributed by atoms with Gasteiger partial charge in [-0.25, -0.2) is 0 Å². The van der Waals surface area contributed by atoms with Crippen LogP contribution in [0.1, 0.15) is 43.5 Å². The lowest BCUT2D eigenvalue weighted by Crippen LogP contribution is -2.57. The van der Waals surface area contributed by atoms with E-state index in [1.165, 1.54) is 0 Å². The van der Waals surface area contributed by atoms with Crippen LogP contribution in [0.5, 0.6) is 0 Å². The molecule has 152 valence electrons. The topological polar surface area (TPSA) is 69.7 Å². The molecule has 0 aromatic heterocycles. The van der Waals surface area contributed by atoms with Gasteiger partial charge in [0.15, 0.2) is 0 Å². The highest BCUT2D eigenvalue weighted by atomic mass is 35.5. The van der Waals surface area contributed by atoms with Crippen LogP contribution in [-0.4, -0.2) is 59.7 Å². The van der Waals surface area contributed by atoms with Gasteiger partial charge in [0, 0.05) is 42.7 Å². The molecule has 1 aromatic rings. The van der Waals surface area contributed by atoms with E-state index in [0.29, 0.717) is 36.8 Å². The molecule has 2 unspecified atom stereocenters. The molecule has 3 amide bonds. The molecule has 0 spiro atoms. The van der Waals surface area contributed by atoms with Gasteiger partial charge in [0.1, 0.15) is 6.04 Å². The summed E-state index contributed by atoms with van der Waals surface area (Å²) in [5, 5.41) is 3.38. The van der Waals surface area contributed by atoms with Crippen LogP contribution >= 0.6 is 11.6 Å². The number of benzene rings is 1. The van der Waals surface area contributed by atoms with Crippen molar-refractivity contribution in [2.24, 2.45) is 11.8 Å². The van der Waals surface area contributed by atoms with Crippen molar-refractivity contribution in [2.75, 3.05) is 26.2 Å². The van der Waals surface area contributed by atoms with Gasteiger partial charge < -0.3 is 15.1 Å². The van der Waals surface area contributed by atoms with Gasteiger partial charge in [-0.2, -0.15) is 0 Å². The standard InChI is InChI=1S/C21H28ClN3O3/c1-3-14(2)18(23-19(26)16-5-4-6-17(22)13-16)21(28)25-11-9-24(10-12-25)20(27)15-7-8-15/h4-6,13-15,18H,3,7-12H2,1-2H3,(H,23,26). The van der Waals surface area contributed by atoms with Gasteiger partial charge in [0.25, 0.3) is 5.91 Å². The van der Waals surface area contributed by atoms with Crippen LogP contribution in [-0.2, 0) is 9.59 Å². The zero-order chi connectivity index (χ0) is 20.3. The fourth-order valence-electron chi connectivity index (χ4n) is 3.47. The van der Waals surface area contributed by atoms with Gasteiger partial charge in [-0.15, -0.1) is 0 Å². The smallest absolute Gasteiger partial charge is 0.251 e. The summed E-state index contributed by atoms with van der Waals surface area (Å²) in [7, 11) is 0. The second-order valence-corrected chi connectivity index (χ2v) is 8.21. The highest BCUT2D eigenvalue weighted by molar-refractivity contribution is 6.31.